The summed E-state index contributed by atoms with van der Waals surface area (Å²) in [5, 5.41) is 9.37. The average molecular weight is 330 g/mol. The summed E-state index contributed by atoms with van der Waals surface area (Å²) in [6, 6.07) is 3.85. The number of nitrogens with two attached hydrogens (primary N) is 1. The van der Waals surface area contributed by atoms with Gasteiger partial charge in [-0.25, -0.2) is 0 Å². The lowest BCUT2D eigenvalue weighted by molar-refractivity contribution is -0.0230. The van der Waals surface area contributed by atoms with Crippen molar-refractivity contribution in [1.82, 2.24) is 0 Å². The van der Waals surface area contributed by atoms with E-state index in [1.54, 1.807) is 0 Å². The highest BCUT2D eigenvalue weighted by Crippen LogP contribution is 2.31. The minimum atomic E-state index is -0.724. The second-order valence-electron chi connectivity index (χ2n) is 4.60. The molecule has 1 atom stereocenters. The monoisotopic (exact) mass is 329 g/mol. The quantitative estimate of drug-likeness (QED) is 0.730. The fourth-order valence-corrected chi connectivity index (χ4v) is 2.55. The first-order valence-electron chi connectivity index (χ1n) is 6.05. The fourth-order valence-electron chi connectivity index (χ4n) is 2.09. The van der Waals surface area contributed by atoms with Crippen LogP contribution in [0.1, 0.15) is 12.5 Å². The highest BCUT2D eigenvalue weighted by molar-refractivity contribution is 9.10. The van der Waals surface area contributed by atoms with Crippen molar-refractivity contribution in [1.29, 1.82) is 0 Å². The SMILES string of the molecule is CC1(CO)COc2ccc(Br)c3c2B(OC3)O1.CN. The lowest BCUT2D eigenvalue weighted by Gasteiger charge is -2.26. The maximum atomic E-state index is 9.37. The first kappa shape index (κ1) is 14.8. The van der Waals surface area contributed by atoms with Crippen molar-refractivity contribution in [2.75, 3.05) is 20.3 Å². The first-order valence-corrected chi connectivity index (χ1v) is 6.84. The fraction of sp³-hybridized carbons (Fsp3) is 0.500. The summed E-state index contributed by atoms with van der Waals surface area (Å²) in [7, 11) is 1.05. The standard InChI is InChI=1S/C11H12BBrO4.CH5N/c1-11(5-14)6-15-9-3-2-8(13)7-4-16-12(17-11)10(7)9;1-2/h2-3,14H,4-6H2,1H3;2H2,1H3. The number of hydrogen-bond donors (Lipinski definition) is 2. The van der Waals surface area contributed by atoms with Gasteiger partial charge < -0.3 is 24.9 Å². The summed E-state index contributed by atoms with van der Waals surface area (Å²) >= 11 is 3.49. The van der Waals surface area contributed by atoms with Gasteiger partial charge in [-0.2, -0.15) is 0 Å². The summed E-state index contributed by atoms with van der Waals surface area (Å²) in [5.41, 5.74) is 5.78. The van der Waals surface area contributed by atoms with Crippen LogP contribution in [0.15, 0.2) is 16.6 Å². The third kappa shape index (κ3) is 2.66. The predicted octanol–water partition coefficient (Wildman–Crippen LogP) is 0.409. The van der Waals surface area contributed by atoms with Gasteiger partial charge in [0, 0.05) is 9.94 Å². The molecule has 0 aromatic heterocycles. The summed E-state index contributed by atoms with van der Waals surface area (Å²) in [6.07, 6.45) is 0. The lowest BCUT2D eigenvalue weighted by Crippen LogP contribution is -2.45. The van der Waals surface area contributed by atoms with E-state index in [2.05, 4.69) is 21.7 Å². The molecule has 3 rings (SSSR count). The molecule has 0 aliphatic carbocycles. The molecule has 0 bridgehead atoms. The van der Waals surface area contributed by atoms with Crippen molar-refractivity contribution in [3.63, 3.8) is 0 Å². The zero-order valence-electron chi connectivity index (χ0n) is 11.0. The van der Waals surface area contributed by atoms with Crippen molar-refractivity contribution < 1.29 is 19.2 Å². The molecule has 2 heterocycles. The van der Waals surface area contributed by atoms with Crippen LogP contribution in [-0.4, -0.2) is 38.1 Å². The van der Waals surface area contributed by atoms with E-state index >= 15 is 0 Å². The number of hydrogen-bond acceptors (Lipinski definition) is 5. The van der Waals surface area contributed by atoms with Gasteiger partial charge in [-0.1, -0.05) is 15.9 Å². The molecule has 19 heavy (non-hydrogen) atoms. The van der Waals surface area contributed by atoms with E-state index in [0.29, 0.717) is 13.2 Å². The van der Waals surface area contributed by atoms with Crippen LogP contribution >= 0.6 is 15.9 Å². The van der Waals surface area contributed by atoms with Crippen LogP contribution in [0.2, 0.25) is 0 Å². The molecule has 2 aliphatic heterocycles. The van der Waals surface area contributed by atoms with Crippen LogP contribution in [0.3, 0.4) is 0 Å². The van der Waals surface area contributed by atoms with Crippen molar-refractivity contribution in [3.8, 4) is 5.75 Å². The van der Waals surface area contributed by atoms with Crippen molar-refractivity contribution in [2.24, 2.45) is 5.73 Å². The zero-order chi connectivity index (χ0) is 14.0. The summed E-state index contributed by atoms with van der Waals surface area (Å²) in [4.78, 5) is 0. The minimum Gasteiger partial charge on any atom is -0.491 e. The van der Waals surface area contributed by atoms with E-state index in [0.717, 1.165) is 21.2 Å². The highest BCUT2D eigenvalue weighted by atomic mass is 79.9. The smallest absolute Gasteiger partial charge is 0.491 e. The maximum absolute atomic E-state index is 9.37. The Morgan fingerprint density at radius 1 is 1.47 bits per heavy atom. The molecule has 0 spiro atoms. The van der Waals surface area contributed by atoms with E-state index < -0.39 is 12.7 Å². The van der Waals surface area contributed by atoms with Gasteiger partial charge in [0.05, 0.1) is 13.2 Å². The van der Waals surface area contributed by atoms with E-state index in [4.69, 9.17) is 14.0 Å². The predicted molar refractivity (Wildman–Crippen MR) is 76.5 cm³/mol. The highest BCUT2D eigenvalue weighted by Gasteiger charge is 2.43. The maximum Gasteiger partial charge on any atom is 0.498 e. The average Bonchev–Trinajstić information content (AvgIpc) is 2.79. The third-order valence-electron chi connectivity index (χ3n) is 3.13. The molecule has 3 N–H and O–H groups in total. The Hall–Kier alpha value is -0.595. The van der Waals surface area contributed by atoms with Crippen LogP contribution in [0.25, 0.3) is 0 Å². The van der Waals surface area contributed by atoms with Gasteiger partial charge in [0.25, 0.3) is 0 Å². The van der Waals surface area contributed by atoms with E-state index in [1.807, 2.05) is 19.1 Å². The molecule has 5 nitrogen and oxygen atoms in total. The largest absolute Gasteiger partial charge is 0.498 e. The number of benzene rings is 1. The summed E-state index contributed by atoms with van der Waals surface area (Å²) in [5.74, 6) is 0.780. The molecule has 0 saturated heterocycles. The van der Waals surface area contributed by atoms with Crippen LogP contribution in [0.5, 0.6) is 5.75 Å². The summed E-state index contributed by atoms with van der Waals surface area (Å²) < 4.78 is 18.1. The molecule has 0 radical (unpaired) electrons. The Morgan fingerprint density at radius 2 is 2.21 bits per heavy atom. The Labute approximate surface area is 121 Å². The van der Waals surface area contributed by atoms with E-state index in [9.17, 15) is 5.11 Å². The van der Waals surface area contributed by atoms with Crippen LogP contribution in [0.4, 0.5) is 0 Å². The number of ether oxygens (including phenoxy) is 1. The zero-order valence-corrected chi connectivity index (χ0v) is 12.6. The molecule has 1 aromatic rings. The van der Waals surface area contributed by atoms with Crippen molar-refractivity contribution in [3.05, 3.63) is 22.2 Å². The van der Waals surface area contributed by atoms with Crippen LogP contribution < -0.4 is 15.9 Å². The van der Waals surface area contributed by atoms with Gasteiger partial charge in [-0.05, 0) is 31.7 Å². The Morgan fingerprint density at radius 3 is 2.89 bits per heavy atom. The summed E-state index contributed by atoms with van der Waals surface area (Å²) in [6.45, 7) is 2.53. The topological polar surface area (TPSA) is 73.9 Å². The molecule has 0 fully saturated rings. The molecule has 1 aromatic carbocycles. The van der Waals surface area contributed by atoms with Crippen LogP contribution in [0, 0.1) is 0 Å². The normalized spacial score (nSPS) is 23.9. The Kier molecular flexibility index (Phi) is 4.52. The molecule has 0 amide bonds. The van der Waals surface area contributed by atoms with Gasteiger partial charge in [0.15, 0.2) is 0 Å². The molecule has 104 valence electrons. The van der Waals surface area contributed by atoms with Gasteiger partial charge >= 0.3 is 7.12 Å². The molecule has 2 aliphatic rings. The molecular weight excluding hydrogens is 313 g/mol. The third-order valence-corrected chi connectivity index (χ3v) is 3.88. The number of rotatable bonds is 1. The minimum absolute atomic E-state index is 0.0998. The second kappa shape index (κ2) is 5.81. The number of aliphatic hydroxyl groups excluding tert-OH is 1. The van der Waals surface area contributed by atoms with Crippen molar-refractivity contribution >= 4 is 28.5 Å². The van der Waals surface area contributed by atoms with Gasteiger partial charge in [-0.3, -0.25) is 0 Å². The molecule has 0 saturated carbocycles. The van der Waals surface area contributed by atoms with Gasteiger partial charge in [0.2, 0.25) is 0 Å². The number of halogens is 1. The number of aliphatic hydroxyl groups is 1. The van der Waals surface area contributed by atoms with Crippen LogP contribution in [-0.2, 0) is 15.9 Å². The Balaban J connectivity index is 0.000000637. The van der Waals surface area contributed by atoms with Crippen molar-refractivity contribution in [2.45, 2.75) is 19.1 Å². The lowest BCUT2D eigenvalue weighted by atomic mass is 9.77. The molecule has 1 unspecified atom stereocenters. The second-order valence-corrected chi connectivity index (χ2v) is 5.45. The Bertz CT molecular complexity index is 473. The van der Waals surface area contributed by atoms with Gasteiger partial charge in [0.1, 0.15) is 18.0 Å². The molecular formula is C12H17BBrNO4. The first-order chi connectivity index (χ1) is 9.13. The van der Waals surface area contributed by atoms with E-state index in [-0.39, 0.29) is 6.61 Å². The molecule has 7 heteroatoms. The van der Waals surface area contributed by atoms with Gasteiger partial charge in [-0.15, -0.1) is 0 Å². The van der Waals surface area contributed by atoms with E-state index in [1.165, 1.54) is 7.05 Å².